The molecule has 2 aromatic rings. The van der Waals surface area contributed by atoms with Gasteiger partial charge >= 0.3 is 0 Å². The van der Waals surface area contributed by atoms with Crippen molar-refractivity contribution < 1.29 is 4.74 Å². The summed E-state index contributed by atoms with van der Waals surface area (Å²) in [4.78, 5) is 3.96. The van der Waals surface area contributed by atoms with Crippen LogP contribution < -0.4 is 4.74 Å². The SMILES string of the molecule is N#Cc1ncccc1COc1cccc(Cl)c1. The quantitative estimate of drug-likeness (QED) is 0.833. The number of nitriles is 1. The number of benzene rings is 1. The Bertz CT molecular complexity index is 563. The molecule has 0 aliphatic rings. The van der Waals surface area contributed by atoms with E-state index in [1.165, 1.54) is 0 Å². The summed E-state index contributed by atoms with van der Waals surface area (Å²) in [5, 5.41) is 9.49. The minimum Gasteiger partial charge on any atom is -0.489 e. The lowest BCUT2D eigenvalue weighted by atomic mass is 10.2. The van der Waals surface area contributed by atoms with Crippen molar-refractivity contribution in [1.29, 1.82) is 5.26 Å². The van der Waals surface area contributed by atoms with Crippen molar-refractivity contribution in [2.24, 2.45) is 0 Å². The van der Waals surface area contributed by atoms with Crippen LogP contribution in [0.4, 0.5) is 0 Å². The average molecular weight is 245 g/mol. The summed E-state index contributed by atoms with van der Waals surface area (Å²) < 4.78 is 5.54. The summed E-state index contributed by atoms with van der Waals surface area (Å²) >= 11 is 5.84. The van der Waals surface area contributed by atoms with E-state index in [4.69, 9.17) is 21.6 Å². The molecule has 0 saturated heterocycles. The van der Waals surface area contributed by atoms with Gasteiger partial charge in [-0.2, -0.15) is 5.26 Å². The highest BCUT2D eigenvalue weighted by Gasteiger charge is 2.03. The Labute approximate surface area is 104 Å². The van der Waals surface area contributed by atoms with Crippen LogP contribution in [-0.4, -0.2) is 4.98 Å². The standard InChI is InChI=1S/C13H9ClN2O/c14-11-4-1-5-12(7-11)17-9-10-3-2-6-16-13(10)8-15/h1-7H,9H2. The summed E-state index contributed by atoms with van der Waals surface area (Å²) in [5.41, 5.74) is 1.14. The Morgan fingerprint density at radius 2 is 2.18 bits per heavy atom. The van der Waals surface area contributed by atoms with Crippen LogP contribution in [0.3, 0.4) is 0 Å². The van der Waals surface area contributed by atoms with Crippen LogP contribution in [0.1, 0.15) is 11.3 Å². The average Bonchev–Trinajstić information content (AvgIpc) is 2.37. The first kappa shape index (κ1) is 11.4. The van der Waals surface area contributed by atoms with E-state index in [0.717, 1.165) is 5.56 Å². The van der Waals surface area contributed by atoms with Gasteiger partial charge < -0.3 is 4.74 Å². The van der Waals surface area contributed by atoms with Crippen molar-refractivity contribution in [2.75, 3.05) is 0 Å². The van der Waals surface area contributed by atoms with E-state index in [1.54, 1.807) is 24.4 Å². The molecule has 0 radical (unpaired) electrons. The zero-order valence-corrected chi connectivity index (χ0v) is 9.69. The maximum absolute atomic E-state index is 8.87. The molecule has 0 atom stereocenters. The molecule has 0 aliphatic heterocycles. The Balaban J connectivity index is 2.10. The van der Waals surface area contributed by atoms with E-state index < -0.39 is 0 Å². The van der Waals surface area contributed by atoms with Gasteiger partial charge in [-0.1, -0.05) is 23.7 Å². The topological polar surface area (TPSA) is 45.9 Å². The van der Waals surface area contributed by atoms with Crippen LogP contribution >= 0.6 is 11.6 Å². The Morgan fingerprint density at radius 1 is 1.29 bits per heavy atom. The van der Waals surface area contributed by atoms with Crippen LogP contribution in [0.5, 0.6) is 5.75 Å². The third-order valence-corrected chi connectivity index (χ3v) is 2.42. The second-order valence-electron chi connectivity index (χ2n) is 3.37. The number of nitrogens with zero attached hydrogens (tertiary/aromatic N) is 2. The first-order valence-corrected chi connectivity index (χ1v) is 5.40. The molecule has 0 spiro atoms. The van der Waals surface area contributed by atoms with Crippen LogP contribution in [0.15, 0.2) is 42.6 Å². The lowest BCUT2D eigenvalue weighted by Crippen LogP contribution is -1.99. The van der Waals surface area contributed by atoms with Gasteiger partial charge in [0.2, 0.25) is 0 Å². The van der Waals surface area contributed by atoms with Crippen molar-refractivity contribution >= 4 is 11.6 Å². The number of aromatic nitrogens is 1. The fourth-order valence-electron chi connectivity index (χ4n) is 1.37. The van der Waals surface area contributed by atoms with Gasteiger partial charge in [-0.05, 0) is 24.3 Å². The van der Waals surface area contributed by atoms with Crippen LogP contribution in [0, 0.1) is 11.3 Å². The third kappa shape index (κ3) is 2.96. The molecule has 84 valence electrons. The molecule has 0 amide bonds. The monoisotopic (exact) mass is 244 g/mol. The molecule has 3 nitrogen and oxygen atoms in total. The molecule has 0 bridgehead atoms. The smallest absolute Gasteiger partial charge is 0.147 e. The molecule has 0 N–H and O–H groups in total. The first-order valence-electron chi connectivity index (χ1n) is 5.02. The summed E-state index contributed by atoms with van der Waals surface area (Å²) in [5.74, 6) is 0.672. The highest BCUT2D eigenvalue weighted by molar-refractivity contribution is 6.30. The summed E-state index contributed by atoms with van der Waals surface area (Å²) in [6.45, 7) is 0.303. The van der Waals surface area contributed by atoms with Gasteiger partial charge in [0.25, 0.3) is 0 Å². The molecule has 1 heterocycles. The highest BCUT2D eigenvalue weighted by Crippen LogP contribution is 2.18. The van der Waals surface area contributed by atoms with Gasteiger partial charge in [0, 0.05) is 16.8 Å². The van der Waals surface area contributed by atoms with E-state index in [2.05, 4.69) is 4.98 Å². The lowest BCUT2D eigenvalue weighted by Gasteiger charge is -2.07. The number of ether oxygens (including phenoxy) is 1. The molecule has 1 aromatic heterocycles. The lowest BCUT2D eigenvalue weighted by molar-refractivity contribution is 0.305. The van der Waals surface area contributed by atoms with Gasteiger partial charge in [-0.25, -0.2) is 4.98 Å². The second kappa shape index (κ2) is 5.33. The first-order chi connectivity index (χ1) is 8.29. The van der Waals surface area contributed by atoms with Crippen molar-refractivity contribution in [3.63, 3.8) is 0 Å². The van der Waals surface area contributed by atoms with Gasteiger partial charge in [-0.3, -0.25) is 0 Å². The molecule has 4 heteroatoms. The van der Waals surface area contributed by atoms with Gasteiger partial charge in [0.15, 0.2) is 0 Å². The predicted octanol–water partition coefficient (Wildman–Crippen LogP) is 3.19. The number of rotatable bonds is 3. The van der Waals surface area contributed by atoms with Crippen molar-refractivity contribution in [1.82, 2.24) is 4.98 Å². The molecule has 0 unspecified atom stereocenters. The fraction of sp³-hybridized carbons (Fsp3) is 0.0769. The van der Waals surface area contributed by atoms with E-state index >= 15 is 0 Å². The van der Waals surface area contributed by atoms with Gasteiger partial charge in [0.05, 0.1) is 0 Å². The van der Waals surface area contributed by atoms with Crippen molar-refractivity contribution in [3.05, 3.63) is 58.9 Å². The van der Waals surface area contributed by atoms with Gasteiger partial charge in [-0.15, -0.1) is 0 Å². The van der Waals surface area contributed by atoms with E-state index in [0.29, 0.717) is 23.1 Å². The molecule has 0 fully saturated rings. The molecule has 17 heavy (non-hydrogen) atoms. The zero-order chi connectivity index (χ0) is 12.1. The number of halogens is 1. The van der Waals surface area contributed by atoms with Crippen LogP contribution in [0.25, 0.3) is 0 Å². The maximum Gasteiger partial charge on any atom is 0.147 e. The van der Waals surface area contributed by atoms with Crippen molar-refractivity contribution in [3.8, 4) is 11.8 Å². The summed E-state index contributed by atoms with van der Waals surface area (Å²) in [6, 6.07) is 12.7. The van der Waals surface area contributed by atoms with Crippen LogP contribution in [0.2, 0.25) is 5.02 Å². The normalized spacial score (nSPS) is 9.65. The maximum atomic E-state index is 8.87. The van der Waals surface area contributed by atoms with Gasteiger partial charge in [0.1, 0.15) is 24.1 Å². The summed E-state index contributed by atoms with van der Waals surface area (Å²) in [7, 11) is 0. The zero-order valence-electron chi connectivity index (χ0n) is 8.93. The Kier molecular flexibility index (Phi) is 3.59. The Hall–Kier alpha value is -2.05. The number of pyridine rings is 1. The van der Waals surface area contributed by atoms with Crippen molar-refractivity contribution in [2.45, 2.75) is 6.61 Å². The van der Waals surface area contributed by atoms with E-state index in [9.17, 15) is 0 Å². The molecule has 0 saturated carbocycles. The largest absolute Gasteiger partial charge is 0.489 e. The predicted molar refractivity (Wildman–Crippen MR) is 64.7 cm³/mol. The molecular weight excluding hydrogens is 236 g/mol. The molecule has 0 aliphatic carbocycles. The minimum absolute atomic E-state index is 0.303. The fourth-order valence-corrected chi connectivity index (χ4v) is 1.55. The number of hydrogen-bond donors (Lipinski definition) is 0. The van der Waals surface area contributed by atoms with E-state index in [-0.39, 0.29) is 0 Å². The molecule has 1 aromatic carbocycles. The minimum atomic E-state index is 0.303. The third-order valence-electron chi connectivity index (χ3n) is 2.19. The Morgan fingerprint density at radius 3 is 2.94 bits per heavy atom. The summed E-state index contributed by atoms with van der Waals surface area (Å²) in [6.07, 6.45) is 1.58. The second-order valence-corrected chi connectivity index (χ2v) is 3.81. The van der Waals surface area contributed by atoms with E-state index in [1.807, 2.05) is 24.3 Å². The number of hydrogen-bond acceptors (Lipinski definition) is 3. The molecular formula is C13H9ClN2O. The molecule has 2 rings (SSSR count). The highest BCUT2D eigenvalue weighted by atomic mass is 35.5. The van der Waals surface area contributed by atoms with Crippen LogP contribution in [-0.2, 0) is 6.61 Å².